The van der Waals surface area contributed by atoms with Crippen LogP contribution in [0.25, 0.3) is 11.4 Å². The van der Waals surface area contributed by atoms with Gasteiger partial charge in [0.1, 0.15) is 11.6 Å². The fourth-order valence-electron chi connectivity index (χ4n) is 4.97. The van der Waals surface area contributed by atoms with E-state index in [2.05, 4.69) is 20.2 Å². The van der Waals surface area contributed by atoms with Crippen LogP contribution in [0.2, 0.25) is 0 Å². The van der Waals surface area contributed by atoms with Crippen LogP contribution < -0.4 is 5.32 Å². The summed E-state index contributed by atoms with van der Waals surface area (Å²) in [6, 6.07) is 16.1. The highest BCUT2D eigenvalue weighted by Crippen LogP contribution is 2.24. The fourth-order valence-corrected chi connectivity index (χ4v) is 4.97. The van der Waals surface area contributed by atoms with Crippen LogP contribution in [0.4, 0.5) is 15.9 Å². The molecule has 2 aromatic carbocycles. The van der Waals surface area contributed by atoms with Gasteiger partial charge in [0.05, 0.1) is 0 Å². The lowest BCUT2D eigenvalue weighted by Crippen LogP contribution is -2.48. The zero-order chi connectivity index (χ0) is 23.3. The number of hydrogen-bond donors (Lipinski definition) is 1. The second kappa shape index (κ2) is 10.3. The summed E-state index contributed by atoms with van der Waals surface area (Å²) in [5.41, 5.74) is 2.05. The maximum atomic E-state index is 13.6. The largest absolute Gasteiger partial charge is 0.340 e. The molecule has 7 heteroatoms. The van der Waals surface area contributed by atoms with Crippen LogP contribution in [0.5, 0.6) is 0 Å². The van der Waals surface area contributed by atoms with Gasteiger partial charge in [-0.05, 0) is 75.2 Å². The maximum Gasteiger partial charge on any atom is 0.253 e. The standard InChI is InChI=1S/C27H30FN5O/c28-22-8-4-6-20(18-22)26-29-13-10-25(31-26)30-23-9-5-7-21(19-23)27(34)33-16-11-24(12-17-33)32-14-2-1-3-15-32/h4-10,13,18-19,24H,1-3,11-12,14-17H2,(H,29,30,31). The van der Waals surface area contributed by atoms with E-state index in [9.17, 15) is 9.18 Å². The van der Waals surface area contributed by atoms with Crippen LogP contribution in [-0.2, 0) is 0 Å². The van der Waals surface area contributed by atoms with Crippen molar-refractivity contribution in [2.45, 2.75) is 38.1 Å². The van der Waals surface area contributed by atoms with Crippen molar-refractivity contribution in [2.75, 3.05) is 31.5 Å². The van der Waals surface area contributed by atoms with Gasteiger partial charge < -0.3 is 15.1 Å². The van der Waals surface area contributed by atoms with Crippen LogP contribution in [-0.4, -0.2) is 57.9 Å². The molecule has 0 saturated carbocycles. The number of piperidine rings is 2. The highest BCUT2D eigenvalue weighted by Gasteiger charge is 2.28. The number of nitrogens with zero attached hydrogens (tertiary/aromatic N) is 4. The Kier molecular flexibility index (Phi) is 6.81. The molecule has 0 atom stereocenters. The Morgan fingerprint density at radius 2 is 1.74 bits per heavy atom. The summed E-state index contributed by atoms with van der Waals surface area (Å²) in [5, 5.41) is 3.25. The van der Waals surface area contributed by atoms with Gasteiger partial charge in [-0.15, -0.1) is 0 Å². The molecular formula is C27H30FN5O. The van der Waals surface area contributed by atoms with E-state index in [1.165, 1.54) is 44.5 Å². The van der Waals surface area contributed by atoms with Crippen molar-refractivity contribution in [1.82, 2.24) is 19.8 Å². The van der Waals surface area contributed by atoms with Gasteiger partial charge in [-0.2, -0.15) is 0 Å². The number of amides is 1. The van der Waals surface area contributed by atoms with Gasteiger partial charge in [0.25, 0.3) is 5.91 Å². The van der Waals surface area contributed by atoms with Gasteiger partial charge in [0.15, 0.2) is 5.82 Å². The molecule has 0 radical (unpaired) electrons. The van der Waals surface area contributed by atoms with Gasteiger partial charge in [0, 0.05) is 42.1 Å². The summed E-state index contributed by atoms with van der Waals surface area (Å²) < 4.78 is 13.6. The molecule has 1 N–H and O–H groups in total. The Morgan fingerprint density at radius 3 is 2.53 bits per heavy atom. The second-order valence-electron chi connectivity index (χ2n) is 9.10. The minimum absolute atomic E-state index is 0.0730. The number of likely N-dealkylation sites (tertiary alicyclic amines) is 2. The first-order valence-electron chi connectivity index (χ1n) is 12.2. The maximum absolute atomic E-state index is 13.6. The number of aromatic nitrogens is 2. The first-order valence-corrected chi connectivity index (χ1v) is 12.2. The lowest BCUT2D eigenvalue weighted by molar-refractivity contribution is 0.0590. The van der Waals surface area contributed by atoms with Crippen LogP contribution in [0.1, 0.15) is 42.5 Å². The molecule has 1 aromatic heterocycles. The molecule has 34 heavy (non-hydrogen) atoms. The summed E-state index contributed by atoms with van der Waals surface area (Å²) in [6.45, 7) is 4.02. The number of nitrogens with one attached hydrogen (secondary N) is 1. The second-order valence-corrected chi connectivity index (χ2v) is 9.10. The zero-order valence-electron chi connectivity index (χ0n) is 19.3. The Labute approximate surface area is 199 Å². The van der Waals surface area contributed by atoms with Crippen LogP contribution >= 0.6 is 0 Å². The molecule has 0 unspecified atom stereocenters. The highest BCUT2D eigenvalue weighted by molar-refractivity contribution is 5.95. The number of hydrogen-bond acceptors (Lipinski definition) is 5. The summed E-state index contributed by atoms with van der Waals surface area (Å²) in [4.78, 5) is 26.5. The van der Waals surface area contributed by atoms with Gasteiger partial charge >= 0.3 is 0 Å². The number of anilines is 2. The van der Waals surface area contributed by atoms with Gasteiger partial charge in [-0.25, -0.2) is 14.4 Å². The third kappa shape index (κ3) is 5.25. The predicted molar refractivity (Wildman–Crippen MR) is 132 cm³/mol. The van der Waals surface area contributed by atoms with Crippen molar-refractivity contribution in [2.24, 2.45) is 0 Å². The monoisotopic (exact) mass is 459 g/mol. The third-order valence-electron chi connectivity index (χ3n) is 6.78. The van der Waals surface area contributed by atoms with Crippen LogP contribution in [0.15, 0.2) is 60.8 Å². The van der Waals surface area contributed by atoms with Crippen molar-refractivity contribution in [1.29, 1.82) is 0 Å². The molecule has 2 fully saturated rings. The van der Waals surface area contributed by atoms with Gasteiger partial charge in [0.2, 0.25) is 0 Å². The Balaban J connectivity index is 1.23. The molecule has 6 nitrogen and oxygen atoms in total. The van der Waals surface area contributed by atoms with Crippen molar-refractivity contribution in [3.63, 3.8) is 0 Å². The molecule has 0 bridgehead atoms. The van der Waals surface area contributed by atoms with Crippen molar-refractivity contribution >= 4 is 17.4 Å². The molecule has 3 aromatic rings. The lowest BCUT2D eigenvalue weighted by Gasteiger charge is -2.40. The number of benzene rings is 2. The fraction of sp³-hybridized carbons (Fsp3) is 0.370. The van der Waals surface area contributed by atoms with Crippen LogP contribution in [0.3, 0.4) is 0 Å². The zero-order valence-corrected chi connectivity index (χ0v) is 19.3. The normalized spacial score (nSPS) is 17.5. The molecule has 2 aliphatic rings. The molecule has 1 amide bonds. The molecule has 2 saturated heterocycles. The molecule has 0 aliphatic carbocycles. The molecule has 5 rings (SSSR count). The number of halogens is 1. The summed E-state index contributed by atoms with van der Waals surface area (Å²) in [6.07, 6.45) is 7.68. The topological polar surface area (TPSA) is 61.4 Å². The minimum Gasteiger partial charge on any atom is -0.340 e. The molecule has 2 aliphatic heterocycles. The van der Waals surface area contributed by atoms with E-state index >= 15 is 0 Å². The van der Waals surface area contributed by atoms with E-state index in [4.69, 9.17) is 0 Å². The van der Waals surface area contributed by atoms with E-state index in [1.807, 2.05) is 29.2 Å². The van der Waals surface area contributed by atoms with Crippen molar-refractivity contribution in [3.05, 3.63) is 72.2 Å². The first-order chi connectivity index (χ1) is 16.7. The van der Waals surface area contributed by atoms with E-state index in [0.717, 1.165) is 31.6 Å². The SMILES string of the molecule is O=C(c1cccc(Nc2ccnc(-c3cccc(F)c3)n2)c1)N1CCC(N2CCCCC2)CC1. The Bertz CT molecular complexity index is 1140. The van der Waals surface area contributed by atoms with E-state index in [1.54, 1.807) is 24.4 Å². The summed E-state index contributed by atoms with van der Waals surface area (Å²) in [7, 11) is 0. The van der Waals surface area contributed by atoms with Crippen LogP contribution in [0, 0.1) is 5.82 Å². The van der Waals surface area contributed by atoms with Crippen molar-refractivity contribution in [3.8, 4) is 11.4 Å². The third-order valence-corrected chi connectivity index (χ3v) is 6.78. The summed E-state index contributed by atoms with van der Waals surface area (Å²) >= 11 is 0. The smallest absolute Gasteiger partial charge is 0.253 e. The first kappa shape index (κ1) is 22.5. The summed E-state index contributed by atoms with van der Waals surface area (Å²) in [5.74, 6) is 0.768. The lowest BCUT2D eigenvalue weighted by atomic mass is 9.99. The predicted octanol–water partition coefficient (Wildman–Crippen LogP) is 5.12. The van der Waals surface area contributed by atoms with E-state index < -0.39 is 0 Å². The number of rotatable bonds is 5. The van der Waals surface area contributed by atoms with Gasteiger partial charge in [-0.3, -0.25) is 4.79 Å². The Hall–Kier alpha value is -3.32. The molecule has 3 heterocycles. The minimum atomic E-state index is -0.328. The molecular weight excluding hydrogens is 429 g/mol. The number of carbonyl (C=O) groups excluding carboxylic acids is 1. The van der Waals surface area contributed by atoms with E-state index in [0.29, 0.717) is 28.8 Å². The highest BCUT2D eigenvalue weighted by atomic mass is 19.1. The average Bonchev–Trinajstić information content (AvgIpc) is 2.89. The Morgan fingerprint density at radius 1 is 0.941 bits per heavy atom. The van der Waals surface area contributed by atoms with E-state index in [-0.39, 0.29) is 11.7 Å². The average molecular weight is 460 g/mol. The van der Waals surface area contributed by atoms with Gasteiger partial charge in [-0.1, -0.05) is 24.6 Å². The number of carbonyl (C=O) groups is 1. The molecule has 0 spiro atoms. The van der Waals surface area contributed by atoms with Crippen molar-refractivity contribution < 1.29 is 9.18 Å². The molecule has 176 valence electrons. The quantitative estimate of drug-likeness (QED) is 0.574.